The van der Waals surface area contributed by atoms with E-state index >= 15 is 0 Å². The third-order valence-electron chi connectivity index (χ3n) is 9.94. The van der Waals surface area contributed by atoms with E-state index in [1.165, 1.54) is 69.7 Å². The first-order valence-electron chi connectivity index (χ1n) is 18.5. The van der Waals surface area contributed by atoms with Gasteiger partial charge >= 0.3 is 0 Å². The number of benzene rings is 1. The van der Waals surface area contributed by atoms with Gasteiger partial charge in [-0.1, -0.05) is 54.1 Å². The second-order valence-corrected chi connectivity index (χ2v) is 21.8. The van der Waals surface area contributed by atoms with E-state index in [1.54, 1.807) is 45.3 Å². The van der Waals surface area contributed by atoms with E-state index in [4.69, 9.17) is 4.99 Å². The van der Waals surface area contributed by atoms with Gasteiger partial charge in [-0.05, 0) is 119 Å². The van der Waals surface area contributed by atoms with Crippen LogP contribution in [0, 0.1) is 6.92 Å². The van der Waals surface area contributed by atoms with E-state index in [0.717, 1.165) is 39.5 Å². The van der Waals surface area contributed by atoms with Gasteiger partial charge < -0.3 is 4.98 Å². The maximum atomic E-state index is 5.63. The second kappa shape index (κ2) is 15.4. The number of aromatic amines is 1. The van der Waals surface area contributed by atoms with Gasteiger partial charge in [0.05, 0.1) is 26.9 Å². The molecule has 2 nitrogen and oxygen atoms in total. The standard InChI is InChI=1S/C48H30N2S8/c1-28-10-12-29(13-11-28)46(32-26-30(34-14-16-40(55-34)36-6-2-22-51-36)47(49-32)44-20-18-42(57-44)38-8-4-24-53-38)33-27-31(35-15-17-41(56-35)37-7-3-23-52-37)48(50-33)45-21-19-43(58-45)39-9-5-25-54-39/h2-27,49H,1H3/b46-33-. The van der Waals surface area contributed by atoms with Crippen molar-refractivity contribution in [3.8, 4) is 60.0 Å². The third kappa shape index (κ3) is 6.87. The monoisotopic (exact) mass is 890 g/mol. The van der Waals surface area contributed by atoms with Crippen molar-refractivity contribution in [2.24, 2.45) is 4.99 Å². The number of aliphatic imine (C=N–C) groups is 1. The summed E-state index contributed by atoms with van der Waals surface area (Å²) in [6.07, 6.45) is 2.33. The first-order valence-corrected chi connectivity index (χ1v) is 25.3. The van der Waals surface area contributed by atoms with Crippen LogP contribution >= 0.6 is 90.7 Å². The van der Waals surface area contributed by atoms with Gasteiger partial charge in [0.2, 0.25) is 0 Å². The molecule has 0 saturated heterocycles. The number of hydrogen-bond acceptors (Lipinski definition) is 9. The molecule has 58 heavy (non-hydrogen) atoms. The summed E-state index contributed by atoms with van der Waals surface area (Å²) in [7, 11) is 0. The van der Waals surface area contributed by atoms with Crippen molar-refractivity contribution in [1.29, 1.82) is 0 Å². The fraction of sp³-hybridized carbons (Fsp3) is 0.0208. The Morgan fingerprint density at radius 3 is 1.48 bits per heavy atom. The first-order chi connectivity index (χ1) is 28.6. The second-order valence-electron chi connectivity index (χ2n) is 13.7. The molecule has 1 aromatic carbocycles. The highest BCUT2D eigenvalue weighted by Crippen LogP contribution is 2.47. The van der Waals surface area contributed by atoms with Gasteiger partial charge in [-0.3, -0.25) is 0 Å². The number of nitrogens with one attached hydrogen (secondary N) is 1. The Labute approximate surface area is 368 Å². The minimum Gasteiger partial charge on any atom is -0.353 e. The Morgan fingerprint density at radius 2 is 0.931 bits per heavy atom. The minimum absolute atomic E-state index is 0.959. The molecule has 11 rings (SSSR count). The largest absolute Gasteiger partial charge is 0.353 e. The van der Waals surface area contributed by atoms with Crippen molar-refractivity contribution in [1.82, 2.24) is 4.98 Å². The van der Waals surface area contributed by atoms with Crippen LogP contribution in [0.2, 0.25) is 0 Å². The summed E-state index contributed by atoms with van der Waals surface area (Å²) in [5.41, 5.74) is 10.00. The van der Waals surface area contributed by atoms with Crippen LogP contribution in [0.4, 0.5) is 0 Å². The van der Waals surface area contributed by atoms with Gasteiger partial charge in [-0.25, -0.2) is 4.99 Å². The topological polar surface area (TPSA) is 28.1 Å². The Hall–Kier alpha value is -4.75. The van der Waals surface area contributed by atoms with Crippen molar-refractivity contribution in [2.75, 3.05) is 0 Å². The van der Waals surface area contributed by atoms with Crippen molar-refractivity contribution in [3.05, 3.63) is 187 Å². The van der Waals surface area contributed by atoms with Crippen LogP contribution in [0.5, 0.6) is 0 Å². The van der Waals surface area contributed by atoms with E-state index < -0.39 is 0 Å². The first kappa shape index (κ1) is 36.3. The summed E-state index contributed by atoms with van der Waals surface area (Å²) in [6.45, 7) is 2.15. The SMILES string of the molecule is Cc1ccc(/C(=C2\C=C(c3ccc(-c4cccs4)s3)C(c3ccc(-c4cccs4)s3)=N2)c2cc(-c3ccc(-c4cccs4)s3)c(-c3ccc(-c4cccs4)s3)[nH]2)cc1. The number of thiophene rings is 8. The molecule has 0 fully saturated rings. The molecule has 0 amide bonds. The molecule has 10 aromatic rings. The molecule has 0 unspecified atom stereocenters. The number of aryl methyl sites for hydroxylation is 1. The zero-order valence-electron chi connectivity index (χ0n) is 30.7. The molecule has 0 aliphatic carbocycles. The molecule has 0 saturated carbocycles. The highest BCUT2D eigenvalue weighted by atomic mass is 32.1. The maximum absolute atomic E-state index is 5.63. The molecule has 1 N–H and O–H groups in total. The average molecular weight is 891 g/mol. The summed E-state index contributed by atoms with van der Waals surface area (Å²) in [5.74, 6) is 0. The number of H-pyrrole nitrogens is 1. The summed E-state index contributed by atoms with van der Waals surface area (Å²) in [5, 5.41) is 8.61. The van der Waals surface area contributed by atoms with Crippen LogP contribution in [-0.4, -0.2) is 10.7 Å². The minimum atomic E-state index is 0.959. The summed E-state index contributed by atoms with van der Waals surface area (Å²) in [6, 6.07) is 46.8. The lowest BCUT2D eigenvalue weighted by Gasteiger charge is -2.09. The molecule has 1 aliphatic rings. The highest BCUT2D eigenvalue weighted by Gasteiger charge is 2.27. The molecule has 1 aliphatic heterocycles. The van der Waals surface area contributed by atoms with Crippen molar-refractivity contribution >= 4 is 108 Å². The number of nitrogens with zero attached hydrogens (tertiary/aromatic N) is 1. The van der Waals surface area contributed by atoms with Crippen LogP contribution in [0.3, 0.4) is 0 Å². The lowest BCUT2D eigenvalue weighted by atomic mass is 9.98. The molecular weight excluding hydrogens is 861 g/mol. The molecular formula is C48H30N2S8. The fourth-order valence-corrected chi connectivity index (χ4v) is 14.6. The maximum Gasteiger partial charge on any atom is 0.0896 e. The average Bonchev–Trinajstić information content (AvgIpc) is 4.08. The van der Waals surface area contributed by atoms with Crippen LogP contribution in [0.1, 0.15) is 26.6 Å². The Balaban J connectivity index is 1.12. The molecule has 0 radical (unpaired) electrons. The van der Waals surface area contributed by atoms with Crippen LogP contribution in [0.15, 0.2) is 166 Å². The van der Waals surface area contributed by atoms with Crippen LogP contribution in [-0.2, 0) is 0 Å². The predicted octanol–water partition coefficient (Wildman–Crippen LogP) is 17.2. The normalized spacial score (nSPS) is 13.7. The smallest absolute Gasteiger partial charge is 0.0896 e. The summed E-state index contributed by atoms with van der Waals surface area (Å²) >= 11 is 14.5. The number of aromatic nitrogens is 1. The zero-order valence-corrected chi connectivity index (χ0v) is 37.3. The van der Waals surface area contributed by atoms with Crippen molar-refractivity contribution < 1.29 is 0 Å². The van der Waals surface area contributed by atoms with E-state index in [2.05, 4.69) is 167 Å². The van der Waals surface area contributed by atoms with E-state index in [9.17, 15) is 0 Å². The molecule has 9 aromatic heterocycles. The highest BCUT2D eigenvalue weighted by molar-refractivity contribution is 7.25. The number of hydrogen-bond donors (Lipinski definition) is 1. The predicted molar refractivity (Wildman–Crippen MR) is 261 cm³/mol. The lowest BCUT2D eigenvalue weighted by Crippen LogP contribution is -1.97. The van der Waals surface area contributed by atoms with E-state index in [-0.39, 0.29) is 0 Å². The molecule has 10 heteroatoms. The van der Waals surface area contributed by atoms with Gasteiger partial charge in [0.15, 0.2) is 0 Å². The van der Waals surface area contributed by atoms with E-state index in [1.807, 2.05) is 45.3 Å². The van der Waals surface area contributed by atoms with Crippen molar-refractivity contribution in [3.63, 3.8) is 0 Å². The Bertz CT molecular complexity index is 2910. The quantitative estimate of drug-likeness (QED) is 0.142. The number of allylic oxidation sites excluding steroid dienone is 2. The third-order valence-corrected chi connectivity index (χ3v) is 18.6. The lowest BCUT2D eigenvalue weighted by molar-refractivity contribution is 1.32. The van der Waals surface area contributed by atoms with Gasteiger partial charge in [-0.2, -0.15) is 0 Å². The number of rotatable bonds is 10. The molecule has 0 spiro atoms. The Kier molecular flexibility index (Phi) is 9.68. The Morgan fingerprint density at radius 1 is 0.466 bits per heavy atom. The molecule has 0 atom stereocenters. The summed E-state index contributed by atoms with van der Waals surface area (Å²) < 4.78 is 0. The van der Waals surface area contributed by atoms with Crippen molar-refractivity contribution in [2.45, 2.75) is 6.92 Å². The summed E-state index contributed by atoms with van der Waals surface area (Å²) in [4.78, 5) is 24.8. The van der Waals surface area contributed by atoms with Gasteiger partial charge in [0, 0.05) is 71.2 Å². The van der Waals surface area contributed by atoms with Crippen LogP contribution in [0.25, 0.3) is 71.2 Å². The van der Waals surface area contributed by atoms with E-state index in [0.29, 0.717) is 0 Å². The molecule has 10 heterocycles. The van der Waals surface area contributed by atoms with Gasteiger partial charge in [0.25, 0.3) is 0 Å². The molecule has 280 valence electrons. The van der Waals surface area contributed by atoms with Crippen LogP contribution < -0.4 is 0 Å². The molecule has 0 bridgehead atoms. The fourth-order valence-electron chi connectivity index (χ4n) is 7.17. The van der Waals surface area contributed by atoms with Gasteiger partial charge in [0.1, 0.15) is 0 Å². The van der Waals surface area contributed by atoms with Gasteiger partial charge in [-0.15, -0.1) is 90.7 Å². The zero-order chi connectivity index (χ0) is 38.6.